The minimum Gasteiger partial charge on any atom is -0.293 e. The van der Waals surface area contributed by atoms with Gasteiger partial charge in [0.1, 0.15) is 0 Å². The molecule has 0 spiro atoms. The molecule has 0 aliphatic rings. The molecule has 0 saturated heterocycles. The molecule has 0 heterocycles. The van der Waals surface area contributed by atoms with Crippen molar-refractivity contribution in [2.75, 3.05) is 5.33 Å². The Kier molecular flexibility index (Phi) is 4.12. The lowest BCUT2D eigenvalue weighted by molar-refractivity contribution is 0.101. The lowest BCUT2D eigenvalue weighted by Gasteiger charge is -2.03. The van der Waals surface area contributed by atoms with Gasteiger partial charge in [-0.1, -0.05) is 27.5 Å². The predicted molar refractivity (Wildman–Crippen MR) is 62.3 cm³/mol. The Balaban J connectivity index is 3.33. The lowest BCUT2D eigenvalue weighted by atomic mass is 10.1. The zero-order chi connectivity index (χ0) is 10.0. The molecule has 0 bridgehead atoms. The van der Waals surface area contributed by atoms with Crippen LogP contribution in [0.1, 0.15) is 10.4 Å². The summed E-state index contributed by atoms with van der Waals surface area (Å²) in [5, 5.41) is 0.0741. The van der Waals surface area contributed by atoms with Gasteiger partial charge in [0.25, 0.3) is 0 Å². The minimum atomic E-state index is -0.641. The zero-order valence-electron chi connectivity index (χ0n) is 6.28. The molecule has 0 atom stereocenters. The number of alkyl halides is 1. The summed E-state index contributed by atoms with van der Waals surface area (Å²) in [6, 6.07) is 3.05. The number of halogens is 4. The third-order valence-corrected chi connectivity index (χ3v) is 3.14. The van der Waals surface area contributed by atoms with Gasteiger partial charge in [0.05, 0.1) is 15.9 Å². The van der Waals surface area contributed by atoms with Crippen LogP contribution in [-0.2, 0) is 0 Å². The van der Waals surface area contributed by atoms with Crippen LogP contribution in [0.4, 0.5) is 4.39 Å². The molecule has 0 fully saturated rings. The number of Topliss-reactive ketones (excluding diaryl/α,β-unsaturated/α-hetero) is 1. The van der Waals surface area contributed by atoms with Crippen molar-refractivity contribution in [1.29, 1.82) is 0 Å². The van der Waals surface area contributed by atoms with E-state index >= 15 is 0 Å². The van der Waals surface area contributed by atoms with Gasteiger partial charge >= 0.3 is 0 Å². The minimum absolute atomic E-state index is 0.0234. The fourth-order valence-corrected chi connectivity index (χ4v) is 2.00. The standard InChI is InChI=1S/C8H4BrClFIO/c9-3-6(13)7-5(12)2-1-4(10)8(7)11/h1-2H,3H2. The zero-order valence-corrected chi connectivity index (χ0v) is 10.8. The lowest BCUT2D eigenvalue weighted by Crippen LogP contribution is -2.06. The number of ketones is 1. The highest BCUT2D eigenvalue weighted by atomic mass is 127. The van der Waals surface area contributed by atoms with Crippen molar-refractivity contribution in [3.63, 3.8) is 0 Å². The van der Waals surface area contributed by atoms with E-state index in [-0.39, 0.29) is 21.7 Å². The molecular formula is C8H4BrClFIO. The molecule has 0 amide bonds. The van der Waals surface area contributed by atoms with E-state index in [0.29, 0.717) is 3.57 Å². The van der Waals surface area contributed by atoms with Crippen LogP contribution in [0.25, 0.3) is 0 Å². The molecule has 13 heavy (non-hydrogen) atoms. The second-order valence-electron chi connectivity index (χ2n) is 2.27. The summed E-state index contributed by atoms with van der Waals surface area (Å²) < 4.78 is 13.9. The Morgan fingerprint density at radius 3 is 2.77 bits per heavy atom. The number of rotatable bonds is 2. The Morgan fingerprint density at radius 1 is 1.62 bits per heavy atom. The Labute approximate surface area is 102 Å². The van der Waals surface area contributed by atoms with Gasteiger partial charge in [-0.25, -0.2) is 4.39 Å². The third kappa shape index (κ3) is 2.41. The maximum absolute atomic E-state index is 13.3. The van der Waals surface area contributed by atoms with Crippen molar-refractivity contribution >= 4 is 55.9 Å². The summed E-state index contributed by atoms with van der Waals surface area (Å²) >= 11 is 10.4. The van der Waals surface area contributed by atoms with Gasteiger partial charge < -0.3 is 0 Å². The third-order valence-electron chi connectivity index (χ3n) is 1.44. The van der Waals surface area contributed by atoms with Crippen molar-refractivity contribution in [1.82, 2.24) is 0 Å². The summed E-state index contributed by atoms with van der Waals surface area (Å²) in [6.07, 6.45) is 0. The summed E-state index contributed by atoms with van der Waals surface area (Å²) in [5.74, 6) is -0.942. The van der Waals surface area contributed by atoms with E-state index in [0.717, 1.165) is 0 Å². The van der Waals surface area contributed by atoms with Crippen LogP contribution >= 0.6 is 50.1 Å². The van der Waals surface area contributed by atoms with Crippen molar-refractivity contribution in [3.8, 4) is 0 Å². The molecule has 0 aromatic heterocycles. The van der Waals surface area contributed by atoms with E-state index < -0.39 is 5.82 Å². The van der Waals surface area contributed by atoms with Crippen LogP contribution in [0, 0.1) is 9.39 Å². The summed E-state index contributed by atoms with van der Waals surface area (Å²) in [6.45, 7) is 0. The van der Waals surface area contributed by atoms with Crippen LogP contribution in [-0.4, -0.2) is 11.1 Å². The van der Waals surface area contributed by atoms with Crippen LogP contribution < -0.4 is 0 Å². The molecule has 70 valence electrons. The first-order chi connectivity index (χ1) is 6.07. The van der Waals surface area contributed by atoms with E-state index in [2.05, 4.69) is 15.9 Å². The van der Waals surface area contributed by atoms with Crippen LogP contribution in [0.5, 0.6) is 0 Å². The average Bonchev–Trinajstić information content (AvgIpc) is 2.12. The van der Waals surface area contributed by atoms with E-state index in [1.165, 1.54) is 6.07 Å². The molecule has 0 unspecified atom stereocenters. The Morgan fingerprint density at radius 2 is 2.23 bits per heavy atom. The number of hydrogen-bond donors (Lipinski definition) is 0. The van der Waals surface area contributed by atoms with E-state index in [9.17, 15) is 9.18 Å². The highest BCUT2D eigenvalue weighted by molar-refractivity contribution is 14.1. The Bertz CT molecular complexity index is 356. The second kappa shape index (κ2) is 4.70. The smallest absolute Gasteiger partial charge is 0.177 e. The van der Waals surface area contributed by atoms with Crippen molar-refractivity contribution < 1.29 is 9.18 Å². The van der Waals surface area contributed by atoms with Gasteiger partial charge in [-0.05, 0) is 34.7 Å². The number of benzene rings is 1. The molecular weight excluding hydrogens is 373 g/mol. The molecule has 5 heteroatoms. The monoisotopic (exact) mass is 376 g/mol. The molecule has 0 aliphatic carbocycles. The van der Waals surface area contributed by atoms with Crippen molar-refractivity contribution in [3.05, 3.63) is 32.1 Å². The molecule has 0 aliphatic heterocycles. The highest BCUT2D eigenvalue weighted by Gasteiger charge is 2.16. The normalized spacial score (nSPS) is 10.2. The first-order valence-corrected chi connectivity index (χ1v) is 5.88. The fourth-order valence-electron chi connectivity index (χ4n) is 0.849. The van der Waals surface area contributed by atoms with Gasteiger partial charge in [0.2, 0.25) is 0 Å². The molecule has 0 saturated carbocycles. The second-order valence-corrected chi connectivity index (χ2v) is 4.41. The first-order valence-electron chi connectivity index (χ1n) is 3.30. The number of carbonyl (C=O) groups excluding carboxylic acids is 1. The molecule has 1 rings (SSSR count). The van der Waals surface area contributed by atoms with Crippen molar-refractivity contribution in [2.45, 2.75) is 0 Å². The molecule has 0 radical (unpaired) electrons. The maximum atomic E-state index is 13.3. The van der Waals surface area contributed by atoms with E-state index in [1.807, 2.05) is 22.6 Å². The van der Waals surface area contributed by atoms with Crippen LogP contribution in [0.2, 0.25) is 5.02 Å². The molecule has 1 aromatic rings. The summed E-state index contributed by atoms with van der Waals surface area (Å²) in [5.41, 5.74) is 0.0602. The molecule has 1 aromatic carbocycles. The van der Waals surface area contributed by atoms with Gasteiger partial charge in [0, 0.05) is 3.57 Å². The van der Waals surface area contributed by atoms with Crippen LogP contribution in [0.15, 0.2) is 12.1 Å². The van der Waals surface area contributed by atoms with Gasteiger partial charge in [0.15, 0.2) is 11.6 Å². The molecule has 0 N–H and O–H groups in total. The topological polar surface area (TPSA) is 17.1 Å². The van der Waals surface area contributed by atoms with Crippen molar-refractivity contribution in [2.24, 2.45) is 0 Å². The SMILES string of the molecule is O=C(CBr)c1c(I)ccc(Cl)c1F. The van der Waals surface area contributed by atoms with E-state index in [4.69, 9.17) is 11.6 Å². The average molecular weight is 377 g/mol. The summed E-state index contributed by atoms with van der Waals surface area (Å²) in [7, 11) is 0. The number of hydrogen-bond acceptors (Lipinski definition) is 1. The quantitative estimate of drug-likeness (QED) is 0.333. The summed E-state index contributed by atoms with van der Waals surface area (Å²) in [4.78, 5) is 11.3. The maximum Gasteiger partial charge on any atom is 0.177 e. The first kappa shape index (κ1) is 11.4. The van der Waals surface area contributed by atoms with Gasteiger partial charge in [-0.2, -0.15) is 0 Å². The van der Waals surface area contributed by atoms with Gasteiger partial charge in [-0.15, -0.1) is 0 Å². The molecule has 1 nitrogen and oxygen atoms in total. The largest absolute Gasteiger partial charge is 0.293 e. The van der Waals surface area contributed by atoms with Gasteiger partial charge in [-0.3, -0.25) is 4.79 Å². The fraction of sp³-hybridized carbons (Fsp3) is 0.125. The highest BCUT2D eigenvalue weighted by Crippen LogP contribution is 2.23. The van der Waals surface area contributed by atoms with E-state index in [1.54, 1.807) is 6.07 Å². The number of carbonyl (C=O) groups is 1. The van der Waals surface area contributed by atoms with Crippen LogP contribution in [0.3, 0.4) is 0 Å². The Hall–Kier alpha value is 0.320. The predicted octanol–water partition coefficient (Wildman–Crippen LogP) is 3.66.